The van der Waals surface area contributed by atoms with E-state index in [9.17, 15) is 4.79 Å². The van der Waals surface area contributed by atoms with E-state index < -0.39 is 0 Å². The molecular weight excluding hydrogens is 234 g/mol. The predicted octanol–water partition coefficient (Wildman–Crippen LogP) is 1.03. The third-order valence-electron chi connectivity index (χ3n) is 2.24. The number of oxime groups is 1. The monoisotopic (exact) mass is 259 g/mol. The molecule has 0 aromatic heterocycles. The molecule has 0 saturated heterocycles. The fourth-order valence-corrected chi connectivity index (χ4v) is 1.39. The number of rotatable bonds is 8. The summed E-state index contributed by atoms with van der Waals surface area (Å²) in [5, 5.41) is 11.4. The average molecular weight is 259 g/mol. The average Bonchev–Trinajstić information content (AvgIpc) is 2.30. The third-order valence-corrected chi connectivity index (χ3v) is 2.24. The highest BCUT2D eigenvalue weighted by atomic mass is 16.5. The Kier molecular flexibility index (Phi) is 8.11. The molecule has 0 aromatic rings. The minimum atomic E-state index is -0.0665. The van der Waals surface area contributed by atoms with Crippen LogP contribution >= 0.6 is 0 Å². The summed E-state index contributed by atoms with van der Waals surface area (Å²) in [5.74, 6) is 0.421. The molecule has 0 spiro atoms. The molecule has 0 saturated carbocycles. The molecule has 106 valence electrons. The molecule has 0 rings (SSSR count). The van der Waals surface area contributed by atoms with Crippen molar-refractivity contribution in [3.8, 4) is 0 Å². The van der Waals surface area contributed by atoms with E-state index in [0.29, 0.717) is 25.4 Å². The third kappa shape index (κ3) is 7.89. The molecule has 3 N–H and O–H groups in total. The minimum absolute atomic E-state index is 0.0268. The molecule has 0 radical (unpaired) electrons. The van der Waals surface area contributed by atoms with Gasteiger partial charge in [0.2, 0.25) is 5.91 Å². The molecule has 0 atom stereocenters. The minimum Gasteiger partial charge on any atom is -0.409 e. The van der Waals surface area contributed by atoms with E-state index in [0.717, 1.165) is 0 Å². The lowest BCUT2D eigenvalue weighted by molar-refractivity contribution is -0.138. The maximum atomic E-state index is 11.9. The molecule has 6 nitrogen and oxygen atoms in total. The van der Waals surface area contributed by atoms with Crippen molar-refractivity contribution in [2.45, 2.75) is 40.2 Å². The Bertz CT molecular complexity index is 278. The second-order valence-electron chi connectivity index (χ2n) is 4.93. The Hall–Kier alpha value is -1.30. The summed E-state index contributed by atoms with van der Waals surface area (Å²) in [6.07, 6.45) is 0.385. The Labute approximate surface area is 109 Å². The molecule has 0 bridgehead atoms. The lowest BCUT2D eigenvalue weighted by atomic mass is 10.2. The first-order valence-electron chi connectivity index (χ1n) is 6.22. The zero-order valence-electron chi connectivity index (χ0n) is 11.7. The summed E-state index contributed by atoms with van der Waals surface area (Å²) in [6.45, 7) is 8.99. The summed E-state index contributed by atoms with van der Waals surface area (Å²) in [5.41, 5.74) is 5.41. The number of ether oxygens (including phenoxy) is 1. The highest BCUT2D eigenvalue weighted by molar-refractivity contribution is 5.81. The van der Waals surface area contributed by atoms with Gasteiger partial charge in [0, 0.05) is 19.5 Å². The van der Waals surface area contributed by atoms with Crippen molar-refractivity contribution in [3.63, 3.8) is 0 Å². The van der Waals surface area contributed by atoms with Crippen LogP contribution in [0.4, 0.5) is 0 Å². The Morgan fingerprint density at radius 3 is 2.44 bits per heavy atom. The van der Waals surface area contributed by atoms with Crippen molar-refractivity contribution in [2.24, 2.45) is 16.8 Å². The van der Waals surface area contributed by atoms with Gasteiger partial charge in [0.25, 0.3) is 0 Å². The van der Waals surface area contributed by atoms with E-state index in [1.54, 1.807) is 4.90 Å². The number of hydrogen-bond donors (Lipinski definition) is 2. The molecule has 0 aliphatic rings. The molecule has 6 heteroatoms. The second kappa shape index (κ2) is 8.74. The first kappa shape index (κ1) is 16.7. The molecule has 0 fully saturated rings. The molecule has 0 aromatic carbocycles. The molecule has 0 aliphatic heterocycles. The number of hydrogen-bond acceptors (Lipinski definition) is 4. The van der Waals surface area contributed by atoms with Gasteiger partial charge in [-0.1, -0.05) is 19.0 Å². The van der Waals surface area contributed by atoms with Gasteiger partial charge in [0.1, 0.15) is 12.4 Å². The molecule has 0 heterocycles. The van der Waals surface area contributed by atoms with Gasteiger partial charge in [-0.3, -0.25) is 4.79 Å². The van der Waals surface area contributed by atoms with Crippen molar-refractivity contribution < 1.29 is 14.7 Å². The Balaban J connectivity index is 4.33. The lowest BCUT2D eigenvalue weighted by Gasteiger charge is -2.24. The Morgan fingerprint density at radius 2 is 2.00 bits per heavy atom. The van der Waals surface area contributed by atoms with E-state index in [1.807, 2.05) is 27.7 Å². The van der Waals surface area contributed by atoms with Crippen LogP contribution in [-0.2, 0) is 9.53 Å². The molecule has 1 amide bonds. The van der Waals surface area contributed by atoms with Crippen molar-refractivity contribution in [3.05, 3.63) is 0 Å². The van der Waals surface area contributed by atoms with Crippen molar-refractivity contribution in [1.82, 2.24) is 4.90 Å². The van der Waals surface area contributed by atoms with Gasteiger partial charge in [0.05, 0.1) is 6.10 Å². The second-order valence-corrected chi connectivity index (χ2v) is 4.93. The summed E-state index contributed by atoms with van der Waals surface area (Å²) in [4.78, 5) is 13.6. The summed E-state index contributed by atoms with van der Waals surface area (Å²) in [7, 11) is 0. The number of amides is 1. The zero-order chi connectivity index (χ0) is 14.1. The highest BCUT2D eigenvalue weighted by Gasteiger charge is 2.15. The number of nitrogens with two attached hydrogens (primary N) is 1. The van der Waals surface area contributed by atoms with Gasteiger partial charge < -0.3 is 20.6 Å². The van der Waals surface area contributed by atoms with Crippen LogP contribution in [0.15, 0.2) is 5.16 Å². The first-order valence-corrected chi connectivity index (χ1v) is 6.22. The summed E-state index contributed by atoms with van der Waals surface area (Å²) >= 11 is 0. The summed E-state index contributed by atoms with van der Waals surface area (Å²) < 4.78 is 5.30. The largest absolute Gasteiger partial charge is 0.409 e. The summed E-state index contributed by atoms with van der Waals surface area (Å²) in [6, 6.07) is 0. The topological polar surface area (TPSA) is 88.1 Å². The quantitative estimate of drug-likeness (QED) is 0.295. The van der Waals surface area contributed by atoms with Crippen LogP contribution in [-0.4, -0.2) is 47.7 Å². The van der Waals surface area contributed by atoms with Crippen LogP contribution in [0, 0.1) is 5.92 Å². The number of carbonyl (C=O) groups excluding carboxylic acids is 1. The number of carbonyl (C=O) groups is 1. The van der Waals surface area contributed by atoms with E-state index in [2.05, 4.69) is 5.16 Å². The zero-order valence-corrected chi connectivity index (χ0v) is 11.7. The van der Waals surface area contributed by atoms with Gasteiger partial charge in [-0.15, -0.1) is 0 Å². The van der Waals surface area contributed by atoms with E-state index in [4.69, 9.17) is 15.7 Å². The molecule has 18 heavy (non-hydrogen) atoms. The van der Waals surface area contributed by atoms with Crippen molar-refractivity contribution >= 4 is 11.7 Å². The number of amidine groups is 1. The maximum absolute atomic E-state index is 11.9. The standard InChI is InChI=1S/C12H25N3O3/c1-9(2)7-15(6-5-11(13)14-17)12(16)8-18-10(3)4/h9-10,17H,5-8H2,1-4H3,(H2,13,14). The van der Waals surface area contributed by atoms with Gasteiger partial charge in [0.15, 0.2) is 0 Å². The maximum Gasteiger partial charge on any atom is 0.248 e. The highest BCUT2D eigenvalue weighted by Crippen LogP contribution is 2.02. The van der Waals surface area contributed by atoms with E-state index in [1.165, 1.54) is 0 Å². The lowest BCUT2D eigenvalue weighted by Crippen LogP contribution is -2.39. The molecule has 0 unspecified atom stereocenters. The smallest absolute Gasteiger partial charge is 0.248 e. The predicted molar refractivity (Wildman–Crippen MR) is 70.5 cm³/mol. The van der Waals surface area contributed by atoms with Gasteiger partial charge in [-0.25, -0.2) is 0 Å². The fraction of sp³-hybridized carbons (Fsp3) is 0.833. The number of nitrogens with zero attached hydrogens (tertiary/aromatic N) is 2. The SMILES string of the molecule is CC(C)CN(CCC(N)=NO)C(=O)COC(C)C. The first-order chi connectivity index (χ1) is 8.36. The van der Waals surface area contributed by atoms with Gasteiger partial charge >= 0.3 is 0 Å². The van der Waals surface area contributed by atoms with Crippen LogP contribution in [0.25, 0.3) is 0 Å². The fourth-order valence-electron chi connectivity index (χ4n) is 1.39. The van der Waals surface area contributed by atoms with Gasteiger partial charge in [-0.2, -0.15) is 0 Å². The van der Waals surface area contributed by atoms with Gasteiger partial charge in [-0.05, 0) is 19.8 Å². The van der Waals surface area contributed by atoms with Crippen LogP contribution in [0.5, 0.6) is 0 Å². The van der Waals surface area contributed by atoms with E-state index >= 15 is 0 Å². The molecular formula is C12H25N3O3. The van der Waals surface area contributed by atoms with Crippen LogP contribution in [0.2, 0.25) is 0 Å². The normalized spacial score (nSPS) is 12.2. The van der Waals surface area contributed by atoms with E-state index in [-0.39, 0.29) is 24.5 Å². The van der Waals surface area contributed by atoms with Crippen LogP contribution in [0.3, 0.4) is 0 Å². The van der Waals surface area contributed by atoms with Crippen molar-refractivity contribution in [1.29, 1.82) is 0 Å². The van der Waals surface area contributed by atoms with Crippen molar-refractivity contribution in [2.75, 3.05) is 19.7 Å². The van der Waals surface area contributed by atoms with Crippen LogP contribution in [0.1, 0.15) is 34.1 Å². The molecule has 0 aliphatic carbocycles. The Morgan fingerprint density at radius 1 is 1.39 bits per heavy atom. The van der Waals surface area contributed by atoms with Crippen LogP contribution < -0.4 is 5.73 Å².